The summed E-state index contributed by atoms with van der Waals surface area (Å²) in [7, 11) is 1.51. The molecule has 0 saturated carbocycles. The van der Waals surface area contributed by atoms with Gasteiger partial charge in [0.05, 0.1) is 18.8 Å². The molecule has 0 spiro atoms. The predicted octanol–water partition coefficient (Wildman–Crippen LogP) is 3.41. The minimum Gasteiger partial charge on any atom is -0.462 e. The molecule has 1 rings (SSSR count). The number of hydrogen-bond acceptors (Lipinski definition) is 7. The third-order valence-electron chi connectivity index (χ3n) is 3.93. The molecule has 0 radical (unpaired) electrons. The summed E-state index contributed by atoms with van der Waals surface area (Å²) in [6.45, 7) is 7.78. The number of ether oxygens (including phenoxy) is 3. The molecule has 1 N–H and O–H groups in total. The molecule has 0 atom stereocenters. The lowest BCUT2D eigenvalue weighted by Gasteiger charge is -2.12. The number of esters is 2. The Balaban J connectivity index is 3.17. The molecule has 1 heterocycles. The molecule has 8 heteroatoms. The van der Waals surface area contributed by atoms with Gasteiger partial charge in [0.2, 0.25) is 5.91 Å². The van der Waals surface area contributed by atoms with E-state index in [9.17, 15) is 14.4 Å². The molecule has 1 aromatic heterocycles. The molecule has 0 aliphatic rings. The van der Waals surface area contributed by atoms with Gasteiger partial charge in [-0.25, -0.2) is 9.59 Å². The van der Waals surface area contributed by atoms with Gasteiger partial charge in [-0.2, -0.15) is 0 Å². The van der Waals surface area contributed by atoms with E-state index in [-0.39, 0.29) is 42.1 Å². The van der Waals surface area contributed by atoms with Crippen molar-refractivity contribution in [2.45, 2.75) is 40.5 Å². The Morgan fingerprint density at radius 1 is 1.04 bits per heavy atom. The summed E-state index contributed by atoms with van der Waals surface area (Å²) in [4.78, 5) is 37.3. The van der Waals surface area contributed by atoms with Crippen molar-refractivity contribution >= 4 is 34.2 Å². The first-order valence-corrected chi connectivity index (χ1v) is 9.50. The lowest BCUT2D eigenvalue weighted by Crippen LogP contribution is -2.22. The van der Waals surface area contributed by atoms with Crippen LogP contribution in [0, 0.1) is 12.8 Å². The smallest absolute Gasteiger partial charge is 0.348 e. The maximum absolute atomic E-state index is 12.4. The molecule has 0 saturated heterocycles. The van der Waals surface area contributed by atoms with Crippen molar-refractivity contribution in [3.05, 3.63) is 16.0 Å². The van der Waals surface area contributed by atoms with Gasteiger partial charge in [0.25, 0.3) is 0 Å². The van der Waals surface area contributed by atoms with E-state index < -0.39 is 11.9 Å². The number of methoxy groups -OCH3 is 1. The van der Waals surface area contributed by atoms with Crippen molar-refractivity contribution in [2.75, 3.05) is 32.2 Å². The Labute approximate surface area is 158 Å². The van der Waals surface area contributed by atoms with Crippen molar-refractivity contribution in [3.63, 3.8) is 0 Å². The van der Waals surface area contributed by atoms with Crippen LogP contribution in [0.4, 0.5) is 5.00 Å². The lowest BCUT2D eigenvalue weighted by atomic mass is 10.0. The van der Waals surface area contributed by atoms with Gasteiger partial charge in [-0.3, -0.25) is 4.79 Å². The van der Waals surface area contributed by atoms with Gasteiger partial charge in [0.15, 0.2) is 0 Å². The lowest BCUT2D eigenvalue weighted by molar-refractivity contribution is -0.120. The Kier molecular flexibility index (Phi) is 9.29. The first-order chi connectivity index (χ1) is 12.4. The molecule has 0 aliphatic heterocycles. The van der Waals surface area contributed by atoms with E-state index in [0.29, 0.717) is 23.4 Å². The summed E-state index contributed by atoms with van der Waals surface area (Å²) in [5, 5.41) is 3.10. The van der Waals surface area contributed by atoms with Gasteiger partial charge in [-0.15, -0.1) is 11.3 Å². The van der Waals surface area contributed by atoms with Crippen LogP contribution in [0.1, 0.15) is 59.2 Å². The fourth-order valence-electron chi connectivity index (χ4n) is 2.40. The van der Waals surface area contributed by atoms with E-state index in [1.807, 2.05) is 13.8 Å². The third kappa shape index (κ3) is 5.54. The van der Waals surface area contributed by atoms with Crippen LogP contribution < -0.4 is 5.32 Å². The third-order valence-corrected chi connectivity index (χ3v) is 5.11. The number of nitrogens with one attached hydrogen (secondary N) is 1. The second-order valence-electron chi connectivity index (χ2n) is 5.61. The highest BCUT2D eigenvalue weighted by Crippen LogP contribution is 2.34. The SMILES string of the molecule is CCOC(=O)c1c(NC(=O)C(CC)CC)sc(C(=O)OCCOC)c1C. The first kappa shape index (κ1) is 22.1. The summed E-state index contributed by atoms with van der Waals surface area (Å²) in [6.07, 6.45) is 1.38. The van der Waals surface area contributed by atoms with Gasteiger partial charge in [-0.05, 0) is 32.3 Å². The minimum atomic E-state index is -0.572. The number of hydrogen-bond donors (Lipinski definition) is 1. The standard InChI is InChI=1S/C18H27NO6S/c1-6-12(7-2)15(20)19-16-13(17(21)24-8-3)11(4)14(26-16)18(22)25-10-9-23-5/h12H,6-10H2,1-5H3,(H,19,20). The van der Waals surface area contributed by atoms with E-state index in [2.05, 4.69) is 5.32 Å². The minimum absolute atomic E-state index is 0.108. The molecule has 26 heavy (non-hydrogen) atoms. The van der Waals surface area contributed by atoms with Gasteiger partial charge in [0.1, 0.15) is 16.5 Å². The van der Waals surface area contributed by atoms with E-state index in [1.54, 1.807) is 13.8 Å². The van der Waals surface area contributed by atoms with Crippen LogP contribution in [0.3, 0.4) is 0 Å². The van der Waals surface area contributed by atoms with Crippen LogP contribution in [0.2, 0.25) is 0 Å². The summed E-state index contributed by atoms with van der Waals surface area (Å²) in [5.41, 5.74) is 0.644. The van der Waals surface area contributed by atoms with Crippen LogP contribution in [0.5, 0.6) is 0 Å². The maximum Gasteiger partial charge on any atom is 0.348 e. The Morgan fingerprint density at radius 3 is 2.23 bits per heavy atom. The summed E-state index contributed by atoms with van der Waals surface area (Å²) in [6, 6.07) is 0. The van der Waals surface area contributed by atoms with Gasteiger partial charge in [-0.1, -0.05) is 13.8 Å². The van der Waals surface area contributed by atoms with E-state index in [1.165, 1.54) is 7.11 Å². The van der Waals surface area contributed by atoms with Crippen molar-refractivity contribution in [1.82, 2.24) is 0 Å². The summed E-state index contributed by atoms with van der Waals surface area (Å²) < 4.78 is 15.1. The van der Waals surface area contributed by atoms with Crippen LogP contribution in [0.25, 0.3) is 0 Å². The molecule has 146 valence electrons. The summed E-state index contributed by atoms with van der Waals surface area (Å²) >= 11 is 1.03. The molecule has 0 aromatic carbocycles. The largest absolute Gasteiger partial charge is 0.462 e. The normalized spacial score (nSPS) is 10.7. The second-order valence-corrected chi connectivity index (χ2v) is 6.63. The maximum atomic E-state index is 12.4. The molecular weight excluding hydrogens is 358 g/mol. The van der Waals surface area contributed by atoms with Gasteiger partial charge >= 0.3 is 11.9 Å². The van der Waals surface area contributed by atoms with Crippen LogP contribution in [-0.2, 0) is 19.0 Å². The predicted molar refractivity (Wildman–Crippen MR) is 99.9 cm³/mol. The van der Waals surface area contributed by atoms with Crippen LogP contribution in [-0.4, -0.2) is 44.8 Å². The Morgan fingerprint density at radius 2 is 1.69 bits per heavy atom. The fraction of sp³-hybridized carbons (Fsp3) is 0.611. The molecule has 7 nitrogen and oxygen atoms in total. The van der Waals surface area contributed by atoms with E-state index in [4.69, 9.17) is 14.2 Å². The second kappa shape index (κ2) is 10.9. The average Bonchev–Trinajstić information content (AvgIpc) is 2.92. The van der Waals surface area contributed by atoms with Crippen LogP contribution >= 0.6 is 11.3 Å². The number of carbonyl (C=O) groups is 3. The Bertz CT molecular complexity index is 636. The van der Waals surface area contributed by atoms with Gasteiger partial charge in [0, 0.05) is 13.0 Å². The fourth-order valence-corrected chi connectivity index (χ4v) is 3.49. The highest BCUT2D eigenvalue weighted by atomic mass is 32.1. The summed E-state index contributed by atoms with van der Waals surface area (Å²) in [5.74, 6) is -1.47. The first-order valence-electron chi connectivity index (χ1n) is 8.68. The Hall–Kier alpha value is -1.93. The molecular formula is C18H27NO6S. The van der Waals surface area contributed by atoms with Crippen molar-refractivity contribution in [3.8, 4) is 0 Å². The zero-order valence-electron chi connectivity index (χ0n) is 16.0. The molecule has 0 fully saturated rings. The number of thiophene rings is 1. The van der Waals surface area contributed by atoms with E-state index in [0.717, 1.165) is 11.3 Å². The topological polar surface area (TPSA) is 90.9 Å². The highest BCUT2D eigenvalue weighted by Gasteiger charge is 2.28. The van der Waals surface area contributed by atoms with E-state index >= 15 is 0 Å². The van der Waals surface area contributed by atoms with Crippen molar-refractivity contribution in [1.29, 1.82) is 0 Å². The molecule has 1 aromatic rings. The van der Waals surface area contributed by atoms with Gasteiger partial charge < -0.3 is 19.5 Å². The molecule has 0 unspecified atom stereocenters. The highest BCUT2D eigenvalue weighted by molar-refractivity contribution is 7.18. The van der Waals surface area contributed by atoms with Crippen molar-refractivity contribution < 1.29 is 28.6 Å². The monoisotopic (exact) mass is 385 g/mol. The quantitative estimate of drug-likeness (QED) is 0.490. The zero-order chi connectivity index (χ0) is 19.7. The number of carbonyl (C=O) groups excluding carboxylic acids is 3. The average molecular weight is 385 g/mol. The van der Waals surface area contributed by atoms with Crippen LogP contribution in [0.15, 0.2) is 0 Å². The van der Waals surface area contributed by atoms with Crippen molar-refractivity contribution in [2.24, 2.45) is 5.92 Å². The molecule has 1 amide bonds. The number of amides is 1. The number of rotatable bonds is 10. The molecule has 0 bridgehead atoms. The molecule has 0 aliphatic carbocycles. The zero-order valence-corrected chi connectivity index (χ0v) is 16.8. The number of anilines is 1.